The third-order valence-electron chi connectivity index (χ3n) is 3.19. The summed E-state index contributed by atoms with van der Waals surface area (Å²) in [7, 11) is 0. The van der Waals surface area contributed by atoms with Gasteiger partial charge in [-0.1, -0.05) is 6.92 Å². The molecule has 1 saturated heterocycles. The molecule has 0 spiro atoms. The van der Waals surface area contributed by atoms with Crippen molar-refractivity contribution in [3.05, 3.63) is 28.3 Å². The highest BCUT2D eigenvalue weighted by molar-refractivity contribution is 5.15. The van der Waals surface area contributed by atoms with Crippen molar-refractivity contribution >= 4 is 0 Å². The molecule has 0 bridgehead atoms. The molecule has 2 atom stereocenters. The van der Waals surface area contributed by atoms with Crippen LogP contribution in [0.25, 0.3) is 0 Å². The van der Waals surface area contributed by atoms with Crippen LogP contribution in [0, 0.1) is 5.92 Å². The predicted molar refractivity (Wildman–Crippen MR) is 61.7 cm³/mol. The number of aromatic hydroxyl groups is 1. The van der Waals surface area contributed by atoms with Crippen LogP contribution in [-0.4, -0.2) is 34.3 Å². The Kier molecular flexibility index (Phi) is 3.49. The minimum atomic E-state index is -0.420. The minimum Gasteiger partial charge on any atom is -0.502 e. The standard InChI is InChI=1S/C12H17NO4/c1-8-5-13(3-2-10(8)14)6-9-4-11(15)12(16)7-17-9/h4,7-8,10,14,16H,2-3,5-6H2,1H3. The summed E-state index contributed by atoms with van der Waals surface area (Å²) in [6.45, 7) is 4.11. The van der Waals surface area contributed by atoms with E-state index >= 15 is 0 Å². The molecule has 2 heterocycles. The van der Waals surface area contributed by atoms with Gasteiger partial charge in [-0.25, -0.2) is 0 Å². The zero-order valence-electron chi connectivity index (χ0n) is 9.80. The number of piperidine rings is 1. The highest BCUT2D eigenvalue weighted by atomic mass is 16.4. The van der Waals surface area contributed by atoms with Gasteiger partial charge in [-0.2, -0.15) is 0 Å². The molecule has 0 radical (unpaired) electrons. The zero-order chi connectivity index (χ0) is 12.4. The maximum Gasteiger partial charge on any atom is 0.226 e. The largest absolute Gasteiger partial charge is 0.502 e. The lowest BCUT2D eigenvalue weighted by atomic mass is 9.97. The number of hydrogen-bond donors (Lipinski definition) is 2. The third kappa shape index (κ3) is 2.87. The molecule has 0 saturated carbocycles. The van der Waals surface area contributed by atoms with E-state index in [2.05, 4.69) is 4.90 Å². The summed E-state index contributed by atoms with van der Waals surface area (Å²) in [6.07, 6.45) is 1.57. The minimum absolute atomic E-state index is 0.229. The molecule has 5 heteroatoms. The SMILES string of the molecule is CC1CN(Cc2cc(=O)c(O)co2)CCC1O. The fourth-order valence-electron chi connectivity index (χ4n) is 2.11. The first kappa shape index (κ1) is 12.1. The summed E-state index contributed by atoms with van der Waals surface area (Å²) in [5, 5.41) is 18.7. The van der Waals surface area contributed by atoms with Crippen LogP contribution < -0.4 is 5.43 Å². The van der Waals surface area contributed by atoms with E-state index in [0.717, 1.165) is 25.8 Å². The molecule has 2 unspecified atom stereocenters. The lowest BCUT2D eigenvalue weighted by Gasteiger charge is -2.33. The van der Waals surface area contributed by atoms with Gasteiger partial charge >= 0.3 is 0 Å². The Labute approximate surface area is 99.3 Å². The van der Waals surface area contributed by atoms with E-state index in [-0.39, 0.29) is 17.8 Å². The highest BCUT2D eigenvalue weighted by Gasteiger charge is 2.24. The Balaban J connectivity index is 2.01. The van der Waals surface area contributed by atoms with Crippen LogP contribution >= 0.6 is 0 Å². The van der Waals surface area contributed by atoms with Crippen molar-refractivity contribution in [1.29, 1.82) is 0 Å². The first-order chi connectivity index (χ1) is 8.06. The van der Waals surface area contributed by atoms with Crippen LogP contribution in [0.1, 0.15) is 19.1 Å². The molecule has 1 aromatic rings. The lowest BCUT2D eigenvalue weighted by molar-refractivity contribution is 0.0293. The monoisotopic (exact) mass is 239 g/mol. The molecule has 2 N–H and O–H groups in total. The number of aliphatic hydroxyl groups excluding tert-OH is 1. The maximum atomic E-state index is 11.2. The molecule has 1 aromatic heterocycles. The second-order valence-corrected chi connectivity index (χ2v) is 4.66. The van der Waals surface area contributed by atoms with Crippen molar-refractivity contribution in [3.63, 3.8) is 0 Å². The summed E-state index contributed by atoms with van der Waals surface area (Å²) in [5.74, 6) is 0.403. The molecule has 17 heavy (non-hydrogen) atoms. The average molecular weight is 239 g/mol. The Hall–Kier alpha value is -1.33. The number of rotatable bonds is 2. The predicted octanol–water partition coefficient (Wildman–Crippen LogP) is 0.548. The Morgan fingerprint density at radius 2 is 2.35 bits per heavy atom. The Morgan fingerprint density at radius 3 is 3.00 bits per heavy atom. The first-order valence-corrected chi connectivity index (χ1v) is 5.77. The van der Waals surface area contributed by atoms with Crippen LogP contribution in [0.2, 0.25) is 0 Å². The smallest absolute Gasteiger partial charge is 0.226 e. The fraction of sp³-hybridized carbons (Fsp3) is 0.583. The van der Waals surface area contributed by atoms with Gasteiger partial charge in [0, 0.05) is 19.2 Å². The second kappa shape index (κ2) is 4.89. The number of likely N-dealkylation sites (tertiary alicyclic amines) is 1. The van der Waals surface area contributed by atoms with E-state index in [0.29, 0.717) is 12.3 Å². The van der Waals surface area contributed by atoms with E-state index in [1.165, 1.54) is 6.07 Å². The van der Waals surface area contributed by atoms with Gasteiger partial charge in [0.15, 0.2) is 5.75 Å². The molecule has 0 aromatic carbocycles. The van der Waals surface area contributed by atoms with Crippen molar-refractivity contribution in [2.45, 2.75) is 26.0 Å². The number of nitrogens with zero attached hydrogens (tertiary/aromatic N) is 1. The maximum absolute atomic E-state index is 11.2. The van der Waals surface area contributed by atoms with Crippen LogP contribution in [0.5, 0.6) is 5.75 Å². The van der Waals surface area contributed by atoms with Gasteiger partial charge in [0.05, 0.1) is 12.6 Å². The molecule has 1 aliphatic heterocycles. The van der Waals surface area contributed by atoms with Crippen molar-refractivity contribution in [2.24, 2.45) is 5.92 Å². The highest BCUT2D eigenvalue weighted by Crippen LogP contribution is 2.18. The molecule has 1 fully saturated rings. The summed E-state index contributed by atoms with van der Waals surface area (Å²) >= 11 is 0. The summed E-state index contributed by atoms with van der Waals surface area (Å²) in [4.78, 5) is 13.4. The summed E-state index contributed by atoms with van der Waals surface area (Å²) < 4.78 is 5.15. The van der Waals surface area contributed by atoms with Gasteiger partial charge in [-0.3, -0.25) is 9.69 Å². The molecule has 0 aliphatic carbocycles. The summed E-state index contributed by atoms with van der Waals surface area (Å²) in [5.41, 5.74) is -0.420. The van der Waals surface area contributed by atoms with Gasteiger partial charge in [-0.15, -0.1) is 0 Å². The average Bonchev–Trinajstić information content (AvgIpc) is 2.29. The molecular formula is C12H17NO4. The third-order valence-corrected chi connectivity index (χ3v) is 3.19. The van der Waals surface area contributed by atoms with Crippen LogP contribution in [0.3, 0.4) is 0 Å². The normalized spacial score (nSPS) is 26.0. The van der Waals surface area contributed by atoms with Gasteiger partial charge in [0.25, 0.3) is 0 Å². The second-order valence-electron chi connectivity index (χ2n) is 4.66. The van der Waals surface area contributed by atoms with E-state index in [1.807, 2.05) is 6.92 Å². The van der Waals surface area contributed by atoms with E-state index in [4.69, 9.17) is 9.52 Å². The van der Waals surface area contributed by atoms with Crippen molar-refractivity contribution in [2.75, 3.05) is 13.1 Å². The molecule has 0 amide bonds. The van der Waals surface area contributed by atoms with Crippen LogP contribution in [0.4, 0.5) is 0 Å². The quantitative estimate of drug-likeness (QED) is 0.788. The van der Waals surface area contributed by atoms with E-state index in [9.17, 15) is 9.90 Å². The number of aliphatic hydroxyl groups is 1. The number of hydrogen-bond acceptors (Lipinski definition) is 5. The molecule has 94 valence electrons. The van der Waals surface area contributed by atoms with Crippen LogP contribution in [0.15, 0.2) is 21.5 Å². The van der Waals surface area contributed by atoms with Gasteiger partial charge in [0.1, 0.15) is 12.0 Å². The topological polar surface area (TPSA) is 73.9 Å². The van der Waals surface area contributed by atoms with E-state index in [1.54, 1.807) is 0 Å². The molecule has 5 nitrogen and oxygen atoms in total. The van der Waals surface area contributed by atoms with Gasteiger partial charge < -0.3 is 14.6 Å². The van der Waals surface area contributed by atoms with Crippen molar-refractivity contribution in [1.82, 2.24) is 4.90 Å². The first-order valence-electron chi connectivity index (χ1n) is 5.77. The zero-order valence-corrected chi connectivity index (χ0v) is 9.80. The molecule has 1 aliphatic rings. The molecule has 2 rings (SSSR count). The van der Waals surface area contributed by atoms with Crippen molar-refractivity contribution < 1.29 is 14.6 Å². The lowest BCUT2D eigenvalue weighted by Crippen LogP contribution is -2.41. The van der Waals surface area contributed by atoms with Crippen LogP contribution in [-0.2, 0) is 6.54 Å². The van der Waals surface area contributed by atoms with E-state index < -0.39 is 5.43 Å². The fourth-order valence-corrected chi connectivity index (χ4v) is 2.11. The Bertz CT molecular complexity index is 442. The van der Waals surface area contributed by atoms with Gasteiger partial charge in [0.2, 0.25) is 5.43 Å². The summed E-state index contributed by atoms with van der Waals surface area (Å²) in [6, 6.07) is 1.31. The Morgan fingerprint density at radius 1 is 1.59 bits per heavy atom. The van der Waals surface area contributed by atoms with Gasteiger partial charge in [-0.05, 0) is 12.3 Å². The van der Waals surface area contributed by atoms with Crippen molar-refractivity contribution in [3.8, 4) is 5.75 Å². The molecular weight excluding hydrogens is 222 g/mol.